The molecule has 18 heavy (non-hydrogen) atoms. The Hall–Kier alpha value is -1.65. The number of amides is 1. The highest BCUT2D eigenvalue weighted by Crippen LogP contribution is 2.15. The molecule has 2 aromatic rings. The number of halogens is 1. The SMILES string of the molecule is O=C(Nc1ccc(S)cc1)c1ccc(NCl)cc1. The van der Waals surface area contributed by atoms with Gasteiger partial charge in [0.05, 0.1) is 0 Å². The molecule has 0 aromatic heterocycles. The lowest BCUT2D eigenvalue weighted by atomic mass is 10.2. The third kappa shape index (κ3) is 3.18. The van der Waals surface area contributed by atoms with Crippen LogP contribution < -0.4 is 10.2 Å². The number of carbonyl (C=O) groups excluding carboxylic acids is 1. The summed E-state index contributed by atoms with van der Waals surface area (Å²) in [5, 5.41) is 2.80. The predicted octanol–water partition coefficient (Wildman–Crippen LogP) is 3.79. The first-order valence-electron chi connectivity index (χ1n) is 5.26. The summed E-state index contributed by atoms with van der Waals surface area (Å²) < 4.78 is 0. The maximum Gasteiger partial charge on any atom is 0.255 e. The van der Waals surface area contributed by atoms with Gasteiger partial charge in [0, 0.05) is 33.6 Å². The van der Waals surface area contributed by atoms with Crippen LogP contribution in [0.15, 0.2) is 53.4 Å². The van der Waals surface area contributed by atoms with Gasteiger partial charge in [-0.25, -0.2) is 0 Å². The van der Waals surface area contributed by atoms with Crippen molar-refractivity contribution in [3.63, 3.8) is 0 Å². The maximum atomic E-state index is 11.9. The van der Waals surface area contributed by atoms with E-state index in [9.17, 15) is 4.79 Å². The molecule has 0 unspecified atom stereocenters. The predicted molar refractivity (Wildman–Crippen MR) is 77.6 cm³/mol. The van der Waals surface area contributed by atoms with Crippen LogP contribution in [-0.4, -0.2) is 5.91 Å². The molecule has 2 N–H and O–H groups in total. The van der Waals surface area contributed by atoms with Crippen LogP contribution >= 0.6 is 24.4 Å². The molecule has 0 spiro atoms. The Morgan fingerprint density at radius 1 is 0.944 bits per heavy atom. The summed E-state index contributed by atoms with van der Waals surface area (Å²) in [6.45, 7) is 0. The van der Waals surface area contributed by atoms with Crippen molar-refractivity contribution >= 4 is 41.7 Å². The van der Waals surface area contributed by atoms with Gasteiger partial charge < -0.3 is 5.32 Å². The van der Waals surface area contributed by atoms with Gasteiger partial charge in [-0.2, -0.15) is 0 Å². The van der Waals surface area contributed by atoms with Crippen molar-refractivity contribution in [1.82, 2.24) is 0 Å². The van der Waals surface area contributed by atoms with E-state index in [0.717, 1.165) is 16.3 Å². The van der Waals surface area contributed by atoms with E-state index in [1.807, 2.05) is 12.1 Å². The summed E-state index contributed by atoms with van der Waals surface area (Å²) in [6, 6.07) is 14.1. The smallest absolute Gasteiger partial charge is 0.255 e. The zero-order chi connectivity index (χ0) is 13.0. The fourth-order valence-corrected chi connectivity index (χ4v) is 1.71. The molecule has 92 valence electrons. The van der Waals surface area contributed by atoms with E-state index >= 15 is 0 Å². The molecule has 0 aliphatic heterocycles. The molecule has 1 amide bonds. The van der Waals surface area contributed by atoms with Crippen molar-refractivity contribution in [1.29, 1.82) is 0 Å². The van der Waals surface area contributed by atoms with Crippen LogP contribution in [0.4, 0.5) is 11.4 Å². The number of hydrogen-bond donors (Lipinski definition) is 3. The topological polar surface area (TPSA) is 41.1 Å². The fourth-order valence-electron chi connectivity index (χ4n) is 1.43. The first-order chi connectivity index (χ1) is 8.69. The maximum absolute atomic E-state index is 11.9. The van der Waals surface area contributed by atoms with Crippen LogP contribution in [0.3, 0.4) is 0 Å². The van der Waals surface area contributed by atoms with E-state index in [4.69, 9.17) is 11.8 Å². The Morgan fingerprint density at radius 3 is 2.06 bits per heavy atom. The quantitative estimate of drug-likeness (QED) is 0.590. The summed E-state index contributed by atoms with van der Waals surface area (Å²) in [6.07, 6.45) is 0. The number of benzene rings is 2. The van der Waals surface area contributed by atoms with Crippen molar-refractivity contribution in [3.05, 3.63) is 54.1 Å². The number of nitrogens with one attached hydrogen (secondary N) is 2. The van der Waals surface area contributed by atoms with Gasteiger partial charge in [-0.15, -0.1) is 12.6 Å². The average molecular weight is 279 g/mol. The van der Waals surface area contributed by atoms with Crippen LogP contribution in [0.5, 0.6) is 0 Å². The molecule has 2 rings (SSSR count). The molecule has 0 fully saturated rings. The van der Waals surface area contributed by atoms with Crippen LogP contribution in [0.25, 0.3) is 0 Å². The molecule has 0 bridgehead atoms. The highest BCUT2D eigenvalue weighted by Gasteiger charge is 2.05. The standard InChI is InChI=1S/C13H11ClN2OS/c14-16-11-3-1-9(2-4-11)13(17)15-10-5-7-12(18)8-6-10/h1-8,16,18H,(H,15,17). The molecule has 0 aliphatic rings. The molecular formula is C13H11ClN2OS. The third-order valence-corrected chi connectivity index (χ3v) is 2.90. The van der Waals surface area contributed by atoms with Crippen molar-refractivity contribution < 1.29 is 4.79 Å². The molecular weight excluding hydrogens is 268 g/mol. The highest BCUT2D eigenvalue weighted by molar-refractivity contribution is 7.80. The van der Waals surface area contributed by atoms with E-state index in [1.165, 1.54) is 0 Å². The van der Waals surface area contributed by atoms with Crippen LogP contribution in [-0.2, 0) is 0 Å². The van der Waals surface area contributed by atoms with Crippen molar-refractivity contribution in [3.8, 4) is 0 Å². The molecule has 0 saturated heterocycles. The summed E-state index contributed by atoms with van der Waals surface area (Å²) in [5.41, 5.74) is 2.05. The number of thiol groups is 1. The lowest BCUT2D eigenvalue weighted by Gasteiger charge is -2.06. The second-order valence-electron chi connectivity index (χ2n) is 3.67. The van der Waals surface area contributed by atoms with Gasteiger partial charge in [0.15, 0.2) is 0 Å². The first kappa shape index (κ1) is 12.8. The number of anilines is 2. The van der Waals surface area contributed by atoms with Crippen LogP contribution in [0.2, 0.25) is 0 Å². The summed E-state index contributed by atoms with van der Waals surface area (Å²) >= 11 is 9.63. The minimum absolute atomic E-state index is 0.164. The van der Waals surface area contributed by atoms with Gasteiger partial charge >= 0.3 is 0 Å². The molecule has 0 aliphatic carbocycles. The molecule has 0 heterocycles. The Bertz CT molecular complexity index is 540. The lowest BCUT2D eigenvalue weighted by Crippen LogP contribution is -2.11. The monoisotopic (exact) mass is 278 g/mol. The minimum atomic E-state index is -0.164. The Morgan fingerprint density at radius 2 is 1.50 bits per heavy atom. The third-order valence-electron chi connectivity index (χ3n) is 2.38. The van der Waals surface area contributed by atoms with E-state index in [2.05, 4.69) is 22.8 Å². The van der Waals surface area contributed by atoms with Crippen molar-refractivity contribution in [2.45, 2.75) is 4.90 Å². The second-order valence-corrected chi connectivity index (χ2v) is 4.38. The van der Waals surface area contributed by atoms with E-state index in [1.54, 1.807) is 36.4 Å². The minimum Gasteiger partial charge on any atom is -0.322 e. The van der Waals surface area contributed by atoms with Gasteiger partial charge in [-0.05, 0) is 48.5 Å². The van der Waals surface area contributed by atoms with Crippen molar-refractivity contribution in [2.75, 3.05) is 10.2 Å². The molecule has 2 aromatic carbocycles. The molecule has 0 saturated carbocycles. The summed E-state index contributed by atoms with van der Waals surface area (Å²) in [7, 11) is 0. The number of rotatable bonds is 3. The highest BCUT2D eigenvalue weighted by atomic mass is 35.5. The number of carbonyl (C=O) groups is 1. The van der Waals surface area contributed by atoms with Crippen molar-refractivity contribution in [2.24, 2.45) is 0 Å². The molecule has 0 atom stereocenters. The molecule has 3 nitrogen and oxygen atoms in total. The Kier molecular flexibility index (Phi) is 4.12. The van der Waals surface area contributed by atoms with Crippen LogP contribution in [0, 0.1) is 0 Å². The zero-order valence-electron chi connectivity index (χ0n) is 9.35. The molecule has 0 radical (unpaired) electrons. The van der Waals surface area contributed by atoms with Gasteiger partial charge in [0.2, 0.25) is 0 Å². The summed E-state index contributed by atoms with van der Waals surface area (Å²) in [4.78, 5) is 15.2. The number of hydrogen-bond acceptors (Lipinski definition) is 3. The second kappa shape index (κ2) is 5.80. The Labute approximate surface area is 116 Å². The van der Waals surface area contributed by atoms with E-state index in [0.29, 0.717) is 5.56 Å². The van der Waals surface area contributed by atoms with E-state index in [-0.39, 0.29) is 5.91 Å². The van der Waals surface area contributed by atoms with Gasteiger partial charge in [-0.3, -0.25) is 9.63 Å². The molecule has 5 heteroatoms. The fraction of sp³-hybridized carbons (Fsp3) is 0. The average Bonchev–Trinajstić information content (AvgIpc) is 2.41. The van der Waals surface area contributed by atoms with Gasteiger partial charge in [0.1, 0.15) is 0 Å². The summed E-state index contributed by atoms with van der Waals surface area (Å²) in [5.74, 6) is -0.164. The Balaban J connectivity index is 2.09. The normalized spacial score (nSPS) is 9.89. The van der Waals surface area contributed by atoms with Crippen LogP contribution in [0.1, 0.15) is 10.4 Å². The first-order valence-corrected chi connectivity index (χ1v) is 6.08. The zero-order valence-corrected chi connectivity index (χ0v) is 11.0. The lowest BCUT2D eigenvalue weighted by molar-refractivity contribution is 0.102. The largest absolute Gasteiger partial charge is 0.322 e. The van der Waals surface area contributed by atoms with Gasteiger partial charge in [0.25, 0.3) is 5.91 Å². The van der Waals surface area contributed by atoms with Gasteiger partial charge in [-0.1, -0.05) is 0 Å². The van der Waals surface area contributed by atoms with E-state index < -0.39 is 0 Å².